The number of thioether (sulfide) groups is 1. The maximum Gasteiger partial charge on any atom is 0.253 e. The summed E-state index contributed by atoms with van der Waals surface area (Å²) in [5.74, 6) is 0.176. The zero-order chi connectivity index (χ0) is 17.3. The first-order valence-corrected chi connectivity index (χ1v) is 8.83. The molecule has 2 aromatic rings. The number of carbonyl (C=O) groups is 2. The number of carbonyl (C=O) groups excluding carboxylic acids is 2. The SMILES string of the molecule is Cc1cc(C)n2nc(SCC(=O)N3CCC[C@H](C(N)=O)C3)nc2n1. The van der Waals surface area contributed by atoms with Crippen molar-refractivity contribution in [2.75, 3.05) is 18.8 Å². The van der Waals surface area contributed by atoms with E-state index in [4.69, 9.17) is 5.73 Å². The third-order valence-electron chi connectivity index (χ3n) is 4.10. The summed E-state index contributed by atoms with van der Waals surface area (Å²) in [6.07, 6.45) is 1.56. The number of hydrogen-bond acceptors (Lipinski definition) is 6. The maximum absolute atomic E-state index is 12.4. The average Bonchev–Trinajstić information content (AvgIpc) is 2.96. The van der Waals surface area contributed by atoms with Crippen molar-refractivity contribution in [1.82, 2.24) is 24.5 Å². The smallest absolute Gasteiger partial charge is 0.253 e. The maximum atomic E-state index is 12.4. The number of amides is 2. The van der Waals surface area contributed by atoms with E-state index < -0.39 is 0 Å². The lowest BCUT2D eigenvalue weighted by atomic mass is 9.97. The number of aryl methyl sites for hydroxylation is 2. The van der Waals surface area contributed by atoms with Crippen molar-refractivity contribution in [1.29, 1.82) is 0 Å². The molecule has 1 aliphatic rings. The third kappa shape index (κ3) is 3.50. The van der Waals surface area contributed by atoms with Gasteiger partial charge in [-0.15, -0.1) is 5.10 Å². The zero-order valence-corrected chi connectivity index (χ0v) is 14.5. The summed E-state index contributed by atoms with van der Waals surface area (Å²) in [6.45, 7) is 4.92. The van der Waals surface area contributed by atoms with Crippen LogP contribution in [0.3, 0.4) is 0 Å². The summed E-state index contributed by atoms with van der Waals surface area (Å²) in [5.41, 5.74) is 7.18. The van der Waals surface area contributed by atoms with Gasteiger partial charge in [0, 0.05) is 24.5 Å². The van der Waals surface area contributed by atoms with Gasteiger partial charge in [0.1, 0.15) is 0 Å². The van der Waals surface area contributed by atoms with E-state index in [2.05, 4.69) is 15.1 Å². The van der Waals surface area contributed by atoms with E-state index in [1.807, 2.05) is 19.9 Å². The molecule has 3 heterocycles. The molecule has 1 aliphatic heterocycles. The van der Waals surface area contributed by atoms with Crippen LogP contribution in [0.2, 0.25) is 0 Å². The number of piperidine rings is 1. The van der Waals surface area contributed by atoms with E-state index in [-0.39, 0.29) is 23.5 Å². The van der Waals surface area contributed by atoms with E-state index in [0.717, 1.165) is 24.2 Å². The number of nitrogens with two attached hydrogens (primary N) is 1. The highest BCUT2D eigenvalue weighted by Gasteiger charge is 2.27. The number of fused-ring (bicyclic) bond motifs is 1. The van der Waals surface area contributed by atoms with Crippen molar-refractivity contribution < 1.29 is 9.59 Å². The van der Waals surface area contributed by atoms with Crippen molar-refractivity contribution in [3.8, 4) is 0 Å². The van der Waals surface area contributed by atoms with Crippen LogP contribution < -0.4 is 5.73 Å². The average molecular weight is 348 g/mol. The second-order valence-electron chi connectivity index (χ2n) is 6.02. The number of nitrogens with zero attached hydrogens (tertiary/aromatic N) is 5. The Kier molecular flexibility index (Phi) is 4.70. The number of hydrogen-bond donors (Lipinski definition) is 1. The molecule has 1 fully saturated rings. The Bertz CT molecular complexity index is 790. The predicted octanol–water partition coefficient (Wildman–Crippen LogP) is 0.557. The molecule has 1 atom stereocenters. The van der Waals surface area contributed by atoms with Crippen molar-refractivity contribution in [3.05, 3.63) is 17.5 Å². The Morgan fingerprint density at radius 1 is 1.38 bits per heavy atom. The third-order valence-corrected chi connectivity index (χ3v) is 4.92. The molecule has 0 unspecified atom stereocenters. The van der Waals surface area contributed by atoms with Gasteiger partial charge < -0.3 is 10.6 Å². The second kappa shape index (κ2) is 6.76. The topological polar surface area (TPSA) is 106 Å². The van der Waals surface area contributed by atoms with E-state index >= 15 is 0 Å². The van der Waals surface area contributed by atoms with Gasteiger partial charge in [-0.05, 0) is 32.8 Å². The zero-order valence-electron chi connectivity index (χ0n) is 13.7. The van der Waals surface area contributed by atoms with Crippen LogP contribution in [0, 0.1) is 19.8 Å². The largest absolute Gasteiger partial charge is 0.369 e. The quantitative estimate of drug-likeness (QED) is 0.809. The van der Waals surface area contributed by atoms with Crippen molar-refractivity contribution in [2.45, 2.75) is 31.8 Å². The molecule has 3 rings (SSSR count). The monoisotopic (exact) mass is 348 g/mol. The highest BCUT2D eigenvalue weighted by Crippen LogP contribution is 2.20. The highest BCUT2D eigenvalue weighted by atomic mass is 32.2. The van der Waals surface area contributed by atoms with Crippen LogP contribution in [0.5, 0.6) is 0 Å². The lowest BCUT2D eigenvalue weighted by molar-refractivity contribution is -0.132. The molecule has 0 bridgehead atoms. The molecule has 0 radical (unpaired) electrons. The number of likely N-dealkylation sites (tertiary alicyclic amines) is 1. The van der Waals surface area contributed by atoms with Crippen LogP contribution in [0.1, 0.15) is 24.2 Å². The number of aromatic nitrogens is 4. The van der Waals surface area contributed by atoms with Crippen LogP contribution in [-0.4, -0.2) is 55.1 Å². The minimum Gasteiger partial charge on any atom is -0.369 e. The highest BCUT2D eigenvalue weighted by molar-refractivity contribution is 7.99. The molecule has 0 aromatic carbocycles. The number of rotatable bonds is 4. The van der Waals surface area contributed by atoms with Gasteiger partial charge in [0.25, 0.3) is 5.78 Å². The van der Waals surface area contributed by atoms with Crippen LogP contribution >= 0.6 is 11.8 Å². The van der Waals surface area contributed by atoms with Gasteiger partial charge in [-0.25, -0.2) is 9.50 Å². The first-order valence-electron chi connectivity index (χ1n) is 7.85. The Morgan fingerprint density at radius 2 is 2.17 bits per heavy atom. The molecular weight excluding hydrogens is 328 g/mol. The molecule has 24 heavy (non-hydrogen) atoms. The van der Waals surface area contributed by atoms with Gasteiger partial charge in [0.05, 0.1) is 11.7 Å². The standard InChI is InChI=1S/C15H20N6O2S/c1-9-6-10(2)21-14(17-9)18-15(19-21)24-8-12(22)20-5-3-4-11(7-20)13(16)23/h6,11H,3-5,7-8H2,1-2H3,(H2,16,23)/t11-/m0/s1. The molecule has 0 aliphatic carbocycles. The minimum absolute atomic E-state index is 0.0225. The van der Waals surface area contributed by atoms with E-state index in [1.165, 1.54) is 11.8 Å². The summed E-state index contributed by atoms with van der Waals surface area (Å²) in [6, 6.07) is 1.93. The molecule has 2 aromatic heterocycles. The van der Waals surface area contributed by atoms with Crippen molar-refractivity contribution in [2.24, 2.45) is 11.7 Å². The molecule has 0 spiro atoms. The van der Waals surface area contributed by atoms with E-state index in [9.17, 15) is 9.59 Å². The Hall–Kier alpha value is -2.16. The molecule has 0 saturated carbocycles. The summed E-state index contributed by atoms with van der Waals surface area (Å²) >= 11 is 1.28. The summed E-state index contributed by atoms with van der Waals surface area (Å²) in [4.78, 5) is 34.1. The lowest BCUT2D eigenvalue weighted by Crippen LogP contribution is -2.44. The van der Waals surface area contributed by atoms with Crippen LogP contribution in [0.15, 0.2) is 11.2 Å². The van der Waals surface area contributed by atoms with E-state index in [1.54, 1.807) is 9.42 Å². The summed E-state index contributed by atoms with van der Waals surface area (Å²) in [7, 11) is 0. The van der Waals surface area contributed by atoms with Gasteiger partial charge in [0.15, 0.2) is 0 Å². The predicted molar refractivity (Wildman–Crippen MR) is 89.5 cm³/mol. The molecule has 8 nitrogen and oxygen atoms in total. The van der Waals surface area contributed by atoms with Crippen molar-refractivity contribution >= 4 is 29.4 Å². The lowest BCUT2D eigenvalue weighted by Gasteiger charge is -2.31. The van der Waals surface area contributed by atoms with Crippen LogP contribution in [0.25, 0.3) is 5.78 Å². The summed E-state index contributed by atoms with van der Waals surface area (Å²) < 4.78 is 1.67. The summed E-state index contributed by atoms with van der Waals surface area (Å²) in [5, 5.41) is 4.90. The molecular formula is C15H20N6O2S. The van der Waals surface area contributed by atoms with Gasteiger partial charge in [-0.3, -0.25) is 9.59 Å². The van der Waals surface area contributed by atoms with Crippen molar-refractivity contribution in [3.63, 3.8) is 0 Å². The fraction of sp³-hybridized carbons (Fsp3) is 0.533. The van der Waals surface area contributed by atoms with Gasteiger partial charge in [0.2, 0.25) is 17.0 Å². The van der Waals surface area contributed by atoms with Crippen LogP contribution in [-0.2, 0) is 9.59 Å². The molecule has 1 saturated heterocycles. The van der Waals surface area contributed by atoms with Crippen LogP contribution in [0.4, 0.5) is 0 Å². The first kappa shape index (κ1) is 16.7. The minimum atomic E-state index is -0.334. The molecule has 128 valence electrons. The fourth-order valence-corrected chi connectivity index (χ4v) is 3.58. The van der Waals surface area contributed by atoms with Gasteiger partial charge >= 0.3 is 0 Å². The van der Waals surface area contributed by atoms with Gasteiger partial charge in [-0.1, -0.05) is 11.8 Å². The molecule has 9 heteroatoms. The first-order chi connectivity index (χ1) is 11.4. The Balaban J connectivity index is 1.64. The fourth-order valence-electron chi connectivity index (χ4n) is 2.86. The Labute approximate surface area is 143 Å². The second-order valence-corrected chi connectivity index (χ2v) is 6.96. The molecule has 2 amide bonds. The normalized spacial score (nSPS) is 18.1. The van der Waals surface area contributed by atoms with E-state index in [0.29, 0.717) is 24.0 Å². The molecule has 2 N–H and O–H groups in total. The van der Waals surface area contributed by atoms with Gasteiger partial charge in [-0.2, -0.15) is 4.98 Å². The Morgan fingerprint density at radius 3 is 2.92 bits per heavy atom. The number of primary amides is 1.